The topological polar surface area (TPSA) is 49.6 Å². The Morgan fingerprint density at radius 3 is 2.60 bits per heavy atom. The van der Waals surface area contributed by atoms with E-state index in [1.807, 2.05) is 30.3 Å². The van der Waals surface area contributed by atoms with E-state index >= 15 is 0 Å². The fourth-order valence-electron chi connectivity index (χ4n) is 4.19. The minimum atomic E-state index is -0.197. The Labute approximate surface area is 152 Å². The van der Waals surface area contributed by atoms with Crippen molar-refractivity contribution < 1.29 is 4.79 Å². The number of hydrogen-bond acceptors (Lipinski definition) is 3. The molecule has 2 aliphatic rings. The summed E-state index contributed by atoms with van der Waals surface area (Å²) in [5.74, 6) is 1.72. The van der Waals surface area contributed by atoms with E-state index in [4.69, 9.17) is 5.73 Å². The van der Waals surface area contributed by atoms with Gasteiger partial charge in [-0.2, -0.15) is 0 Å². The molecule has 1 amide bonds. The Kier molecular flexibility index (Phi) is 6.49. The number of rotatable bonds is 5. The first-order valence-electron chi connectivity index (χ1n) is 9.92. The first-order valence-corrected chi connectivity index (χ1v) is 9.92. The molecule has 2 aliphatic heterocycles. The van der Waals surface area contributed by atoms with Crippen LogP contribution in [0.3, 0.4) is 0 Å². The molecule has 0 radical (unpaired) electrons. The quantitative estimate of drug-likeness (QED) is 0.894. The van der Waals surface area contributed by atoms with Crippen molar-refractivity contribution in [3.8, 4) is 0 Å². The van der Waals surface area contributed by atoms with Gasteiger partial charge >= 0.3 is 0 Å². The van der Waals surface area contributed by atoms with Crippen LogP contribution in [-0.4, -0.2) is 48.4 Å². The van der Waals surface area contributed by atoms with Crippen LogP contribution in [0.15, 0.2) is 30.3 Å². The molecule has 138 valence electrons. The maximum atomic E-state index is 12.7. The van der Waals surface area contributed by atoms with Gasteiger partial charge in [0, 0.05) is 32.1 Å². The van der Waals surface area contributed by atoms with Gasteiger partial charge in [0.2, 0.25) is 5.91 Å². The predicted octanol–water partition coefficient (Wildman–Crippen LogP) is 3.05. The second-order valence-electron chi connectivity index (χ2n) is 8.05. The van der Waals surface area contributed by atoms with Gasteiger partial charge in [-0.25, -0.2) is 0 Å². The molecule has 0 aliphatic carbocycles. The van der Waals surface area contributed by atoms with Crippen LogP contribution in [0.5, 0.6) is 0 Å². The van der Waals surface area contributed by atoms with Crippen LogP contribution >= 0.6 is 0 Å². The number of carbonyl (C=O) groups excluding carboxylic acids is 1. The molecule has 1 aromatic carbocycles. The van der Waals surface area contributed by atoms with Crippen LogP contribution in [0.4, 0.5) is 0 Å². The van der Waals surface area contributed by atoms with Gasteiger partial charge in [-0.05, 0) is 56.2 Å². The van der Waals surface area contributed by atoms with Crippen molar-refractivity contribution in [1.29, 1.82) is 0 Å². The van der Waals surface area contributed by atoms with Crippen LogP contribution in [0.25, 0.3) is 0 Å². The van der Waals surface area contributed by atoms with Crippen molar-refractivity contribution in [2.75, 3.05) is 32.7 Å². The molecule has 2 N–H and O–H groups in total. The van der Waals surface area contributed by atoms with Crippen LogP contribution < -0.4 is 5.73 Å². The third-order valence-corrected chi connectivity index (χ3v) is 5.89. The highest BCUT2D eigenvalue weighted by atomic mass is 16.2. The molecule has 4 nitrogen and oxygen atoms in total. The molecule has 2 unspecified atom stereocenters. The van der Waals surface area contributed by atoms with Gasteiger partial charge in [0.1, 0.15) is 0 Å². The lowest BCUT2D eigenvalue weighted by atomic mass is 9.94. The Balaban J connectivity index is 1.48. The van der Waals surface area contributed by atoms with Crippen LogP contribution in [0.1, 0.15) is 50.6 Å². The van der Waals surface area contributed by atoms with Gasteiger partial charge in [0.05, 0.1) is 0 Å². The Morgan fingerprint density at radius 1 is 1.16 bits per heavy atom. The Bertz CT molecular complexity index is 539. The van der Waals surface area contributed by atoms with E-state index in [9.17, 15) is 4.79 Å². The lowest BCUT2D eigenvalue weighted by Gasteiger charge is -2.38. The molecule has 2 heterocycles. The average molecular weight is 344 g/mol. The average Bonchev–Trinajstić information content (AvgIpc) is 2.64. The molecule has 0 spiro atoms. The SMILES string of the molecule is CC1CCN(CC2CCCN(C(=O)CC(N)c3ccccc3)C2)CC1. The number of likely N-dealkylation sites (tertiary alicyclic amines) is 2. The van der Waals surface area contributed by atoms with Crippen molar-refractivity contribution in [3.63, 3.8) is 0 Å². The standard InChI is InChI=1S/C21H33N3O/c1-17-9-12-23(13-10-17)15-18-6-5-11-24(16-18)21(25)14-20(22)19-7-3-2-4-8-19/h2-4,7-8,17-18,20H,5-6,9-16,22H2,1H3. The molecule has 0 aromatic heterocycles. The second-order valence-corrected chi connectivity index (χ2v) is 8.05. The predicted molar refractivity (Wildman–Crippen MR) is 102 cm³/mol. The van der Waals surface area contributed by atoms with Gasteiger partial charge < -0.3 is 15.5 Å². The first kappa shape index (κ1) is 18.4. The van der Waals surface area contributed by atoms with Gasteiger partial charge in [0.25, 0.3) is 0 Å². The molecular formula is C21H33N3O. The molecule has 2 atom stereocenters. The normalized spacial score (nSPS) is 24.2. The fraction of sp³-hybridized carbons (Fsp3) is 0.667. The third kappa shape index (κ3) is 5.29. The maximum Gasteiger partial charge on any atom is 0.224 e. The van der Waals surface area contributed by atoms with Crippen LogP contribution in [-0.2, 0) is 4.79 Å². The number of hydrogen-bond donors (Lipinski definition) is 1. The largest absolute Gasteiger partial charge is 0.342 e. The summed E-state index contributed by atoms with van der Waals surface area (Å²) in [6.07, 6.45) is 5.43. The van der Waals surface area contributed by atoms with Gasteiger partial charge in [-0.15, -0.1) is 0 Å². The highest BCUT2D eigenvalue weighted by Gasteiger charge is 2.27. The van der Waals surface area contributed by atoms with E-state index in [2.05, 4.69) is 16.7 Å². The van der Waals surface area contributed by atoms with E-state index in [1.54, 1.807) is 0 Å². The minimum Gasteiger partial charge on any atom is -0.342 e. The summed E-state index contributed by atoms with van der Waals surface area (Å²) in [6, 6.07) is 9.77. The molecule has 4 heteroatoms. The van der Waals surface area contributed by atoms with E-state index in [0.29, 0.717) is 12.3 Å². The summed E-state index contributed by atoms with van der Waals surface area (Å²) in [6.45, 7) is 7.77. The maximum absolute atomic E-state index is 12.7. The molecule has 2 saturated heterocycles. The molecule has 1 aromatic rings. The molecular weight excluding hydrogens is 310 g/mol. The summed E-state index contributed by atoms with van der Waals surface area (Å²) < 4.78 is 0. The highest BCUT2D eigenvalue weighted by molar-refractivity contribution is 5.77. The van der Waals surface area contributed by atoms with E-state index < -0.39 is 0 Å². The second kappa shape index (κ2) is 8.81. The number of carbonyl (C=O) groups is 1. The lowest BCUT2D eigenvalue weighted by Crippen LogP contribution is -2.45. The summed E-state index contributed by atoms with van der Waals surface area (Å²) in [7, 11) is 0. The number of nitrogens with zero attached hydrogens (tertiary/aromatic N) is 2. The van der Waals surface area contributed by atoms with Gasteiger partial charge in [-0.3, -0.25) is 4.79 Å². The monoisotopic (exact) mass is 343 g/mol. The van der Waals surface area contributed by atoms with Crippen molar-refractivity contribution in [2.45, 2.75) is 45.1 Å². The van der Waals surface area contributed by atoms with Crippen molar-refractivity contribution in [1.82, 2.24) is 9.80 Å². The van der Waals surface area contributed by atoms with E-state index in [0.717, 1.165) is 37.5 Å². The molecule has 3 rings (SSSR count). The van der Waals surface area contributed by atoms with E-state index in [1.165, 1.54) is 32.4 Å². The van der Waals surface area contributed by atoms with Gasteiger partial charge in [-0.1, -0.05) is 37.3 Å². The van der Waals surface area contributed by atoms with Crippen molar-refractivity contribution >= 4 is 5.91 Å². The van der Waals surface area contributed by atoms with Crippen LogP contribution in [0, 0.1) is 11.8 Å². The Hall–Kier alpha value is -1.39. The lowest BCUT2D eigenvalue weighted by molar-refractivity contribution is -0.133. The molecule has 0 saturated carbocycles. The molecule has 0 bridgehead atoms. The van der Waals surface area contributed by atoms with Crippen LogP contribution in [0.2, 0.25) is 0 Å². The van der Waals surface area contributed by atoms with E-state index in [-0.39, 0.29) is 11.9 Å². The summed E-state index contributed by atoms with van der Waals surface area (Å²) in [4.78, 5) is 17.4. The smallest absolute Gasteiger partial charge is 0.224 e. The number of piperidine rings is 2. The van der Waals surface area contributed by atoms with Crippen molar-refractivity contribution in [2.24, 2.45) is 17.6 Å². The zero-order valence-corrected chi connectivity index (χ0v) is 15.6. The summed E-state index contributed by atoms with van der Waals surface area (Å²) in [5, 5.41) is 0. The minimum absolute atomic E-state index is 0.197. The fourth-order valence-corrected chi connectivity index (χ4v) is 4.19. The Morgan fingerprint density at radius 2 is 1.88 bits per heavy atom. The molecule has 25 heavy (non-hydrogen) atoms. The number of nitrogens with two attached hydrogens (primary N) is 1. The zero-order chi connectivity index (χ0) is 17.6. The number of amides is 1. The van der Waals surface area contributed by atoms with Gasteiger partial charge in [0.15, 0.2) is 0 Å². The third-order valence-electron chi connectivity index (χ3n) is 5.89. The first-order chi connectivity index (χ1) is 12.1. The number of benzene rings is 1. The summed E-state index contributed by atoms with van der Waals surface area (Å²) in [5.41, 5.74) is 7.29. The van der Waals surface area contributed by atoms with Crippen molar-refractivity contribution in [3.05, 3.63) is 35.9 Å². The molecule has 2 fully saturated rings. The highest BCUT2D eigenvalue weighted by Crippen LogP contribution is 2.23. The zero-order valence-electron chi connectivity index (χ0n) is 15.6. The summed E-state index contributed by atoms with van der Waals surface area (Å²) >= 11 is 0.